The molecule has 0 aliphatic carbocycles. The van der Waals surface area contributed by atoms with Crippen LogP contribution >= 0.6 is 0 Å². The molecule has 4 heteroatoms. The molecule has 0 atom stereocenters. The topological polar surface area (TPSA) is 72.5 Å². The minimum atomic E-state index is -0.830. The molecule has 0 unspecified atom stereocenters. The molecule has 1 rings (SSSR count). The first-order valence-electron chi connectivity index (χ1n) is 2.98. The van der Waals surface area contributed by atoms with Crippen molar-refractivity contribution in [2.45, 2.75) is 0 Å². The van der Waals surface area contributed by atoms with Crippen molar-refractivity contribution in [3.05, 3.63) is 34.7 Å². The number of para-hydroxylation sites is 1. The maximum absolute atomic E-state index is 10.7. The quantitative estimate of drug-likeness (QED) is 0.482. The fraction of sp³-hybridized carbons (Fsp3) is 0. The number of hydrogen-bond donors (Lipinski definition) is 1. The third-order valence-corrected chi connectivity index (χ3v) is 1.27. The molecule has 0 saturated carbocycles. The van der Waals surface area contributed by atoms with Crippen molar-refractivity contribution in [3.8, 4) is 0 Å². The van der Waals surface area contributed by atoms with Crippen LogP contribution in [0.25, 0.3) is 0 Å². The standard InChI is InChI=1S/C7H6N2O2/c8-6-4-2-1-3-5(6)7(10)9-11/h1-4H,8H2. The van der Waals surface area contributed by atoms with Crippen molar-refractivity contribution >= 4 is 11.6 Å². The van der Waals surface area contributed by atoms with Gasteiger partial charge < -0.3 is 5.73 Å². The first-order valence-corrected chi connectivity index (χ1v) is 2.98. The van der Waals surface area contributed by atoms with Crippen LogP contribution in [-0.4, -0.2) is 5.91 Å². The van der Waals surface area contributed by atoms with Crippen LogP contribution in [0, 0.1) is 4.91 Å². The lowest BCUT2D eigenvalue weighted by Gasteiger charge is -1.95. The summed E-state index contributed by atoms with van der Waals surface area (Å²) in [6, 6.07) is 6.29. The van der Waals surface area contributed by atoms with Crippen molar-refractivity contribution in [1.82, 2.24) is 0 Å². The van der Waals surface area contributed by atoms with E-state index >= 15 is 0 Å². The molecule has 0 saturated heterocycles. The van der Waals surface area contributed by atoms with E-state index in [9.17, 15) is 9.70 Å². The molecule has 0 radical (unpaired) electrons. The maximum Gasteiger partial charge on any atom is 0.318 e. The number of anilines is 1. The first-order chi connectivity index (χ1) is 5.25. The Morgan fingerprint density at radius 3 is 2.55 bits per heavy atom. The fourth-order valence-corrected chi connectivity index (χ4v) is 0.741. The minimum absolute atomic E-state index is 0.155. The monoisotopic (exact) mass is 150 g/mol. The summed E-state index contributed by atoms with van der Waals surface area (Å²) >= 11 is 0. The number of hydrogen-bond acceptors (Lipinski definition) is 3. The van der Waals surface area contributed by atoms with Gasteiger partial charge in [0.15, 0.2) is 0 Å². The predicted octanol–water partition coefficient (Wildman–Crippen LogP) is 1.18. The van der Waals surface area contributed by atoms with E-state index in [1.165, 1.54) is 6.07 Å². The summed E-state index contributed by atoms with van der Waals surface area (Å²) in [6.07, 6.45) is 0. The van der Waals surface area contributed by atoms with Crippen molar-refractivity contribution in [1.29, 1.82) is 0 Å². The van der Waals surface area contributed by atoms with Gasteiger partial charge in [-0.3, -0.25) is 4.79 Å². The Kier molecular flexibility index (Phi) is 1.96. The van der Waals surface area contributed by atoms with E-state index in [4.69, 9.17) is 5.73 Å². The Hall–Kier alpha value is -1.71. The molecule has 0 heterocycles. The van der Waals surface area contributed by atoms with Crippen LogP contribution in [-0.2, 0) is 0 Å². The summed E-state index contributed by atoms with van der Waals surface area (Å²) in [6.45, 7) is 0. The van der Waals surface area contributed by atoms with Crippen molar-refractivity contribution < 1.29 is 4.79 Å². The Bertz CT molecular complexity index is 296. The summed E-state index contributed by atoms with van der Waals surface area (Å²) in [4.78, 5) is 20.5. The molecule has 56 valence electrons. The van der Waals surface area contributed by atoms with E-state index in [0.717, 1.165) is 0 Å². The molecule has 0 spiro atoms. The zero-order valence-corrected chi connectivity index (χ0v) is 5.65. The summed E-state index contributed by atoms with van der Waals surface area (Å²) < 4.78 is 0. The molecule has 1 amide bonds. The molecule has 4 nitrogen and oxygen atoms in total. The average Bonchev–Trinajstić information content (AvgIpc) is 2.04. The van der Waals surface area contributed by atoms with Crippen LogP contribution < -0.4 is 5.73 Å². The molecule has 0 aliphatic rings. The van der Waals surface area contributed by atoms with E-state index in [0.29, 0.717) is 0 Å². The van der Waals surface area contributed by atoms with Gasteiger partial charge in [-0.05, 0) is 12.1 Å². The largest absolute Gasteiger partial charge is 0.398 e. The van der Waals surface area contributed by atoms with Crippen LogP contribution in [0.2, 0.25) is 0 Å². The molecule has 0 aliphatic heterocycles. The molecule has 0 bridgehead atoms. The lowest BCUT2D eigenvalue weighted by atomic mass is 10.2. The van der Waals surface area contributed by atoms with E-state index in [-0.39, 0.29) is 11.3 Å². The zero-order valence-electron chi connectivity index (χ0n) is 5.65. The van der Waals surface area contributed by atoms with Gasteiger partial charge in [-0.1, -0.05) is 12.1 Å². The highest BCUT2D eigenvalue weighted by atomic mass is 16.3. The summed E-state index contributed by atoms with van der Waals surface area (Å²) in [5.74, 6) is -0.830. The van der Waals surface area contributed by atoms with E-state index in [2.05, 4.69) is 5.18 Å². The van der Waals surface area contributed by atoms with Gasteiger partial charge in [-0.2, -0.15) is 0 Å². The third kappa shape index (κ3) is 1.40. The highest BCUT2D eigenvalue weighted by Gasteiger charge is 2.07. The molecule has 0 aromatic heterocycles. The Balaban J connectivity index is 3.13. The molecule has 11 heavy (non-hydrogen) atoms. The number of carbonyl (C=O) groups excluding carboxylic acids is 1. The zero-order chi connectivity index (χ0) is 8.27. The highest BCUT2D eigenvalue weighted by molar-refractivity contribution is 5.99. The normalized spacial score (nSPS) is 9.09. The van der Waals surface area contributed by atoms with Gasteiger partial charge in [0.2, 0.25) is 0 Å². The van der Waals surface area contributed by atoms with Gasteiger partial charge in [0.1, 0.15) is 0 Å². The molecule has 1 aromatic rings. The molecular weight excluding hydrogens is 144 g/mol. The first kappa shape index (κ1) is 7.40. The smallest absolute Gasteiger partial charge is 0.318 e. The van der Waals surface area contributed by atoms with E-state index in [1.54, 1.807) is 18.2 Å². The Labute approximate surface area is 63.0 Å². The van der Waals surface area contributed by atoms with Gasteiger partial charge in [0.25, 0.3) is 0 Å². The number of nitrogen functional groups attached to an aromatic ring is 1. The summed E-state index contributed by atoms with van der Waals surface area (Å²) in [7, 11) is 0. The van der Waals surface area contributed by atoms with Crippen molar-refractivity contribution in [2.75, 3.05) is 5.73 Å². The highest BCUT2D eigenvalue weighted by Crippen LogP contribution is 2.10. The second kappa shape index (κ2) is 2.92. The fourth-order valence-electron chi connectivity index (χ4n) is 0.741. The van der Waals surface area contributed by atoms with Crippen LogP contribution in [0.15, 0.2) is 29.4 Å². The Morgan fingerprint density at radius 1 is 1.36 bits per heavy atom. The van der Waals surface area contributed by atoms with Crippen LogP contribution in [0.1, 0.15) is 10.4 Å². The maximum atomic E-state index is 10.7. The lowest BCUT2D eigenvalue weighted by molar-refractivity contribution is 0.100. The molecule has 2 N–H and O–H groups in total. The molecule has 1 aromatic carbocycles. The number of nitroso groups, excluding NO2 is 1. The molecular formula is C7H6N2O2. The third-order valence-electron chi connectivity index (χ3n) is 1.27. The van der Waals surface area contributed by atoms with Crippen LogP contribution in [0.4, 0.5) is 5.69 Å². The number of rotatable bonds is 1. The number of amides is 1. The van der Waals surface area contributed by atoms with Crippen molar-refractivity contribution in [2.24, 2.45) is 5.18 Å². The number of nitrogens with zero attached hydrogens (tertiary/aromatic N) is 1. The second-order valence-corrected chi connectivity index (χ2v) is 1.98. The van der Waals surface area contributed by atoms with Gasteiger partial charge in [-0.25, -0.2) is 0 Å². The summed E-state index contributed by atoms with van der Waals surface area (Å²) in [5.41, 5.74) is 5.81. The average molecular weight is 150 g/mol. The predicted molar refractivity (Wildman–Crippen MR) is 41.0 cm³/mol. The number of carbonyl (C=O) groups is 1. The van der Waals surface area contributed by atoms with Gasteiger partial charge in [0, 0.05) is 10.9 Å². The lowest BCUT2D eigenvalue weighted by Crippen LogP contribution is -1.99. The van der Waals surface area contributed by atoms with Gasteiger partial charge >= 0.3 is 5.91 Å². The van der Waals surface area contributed by atoms with Crippen LogP contribution in [0.3, 0.4) is 0 Å². The van der Waals surface area contributed by atoms with E-state index in [1.807, 2.05) is 0 Å². The van der Waals surface area contributed by atoms with Gasteiger partial charge in [0.05, 0.1) is 5.56 Å². The molecule has 0 fully saturated rings. The summed E-state index contributed by atoms with van der Waals surface area (Å²) in [5, 5.41) is 2.25. The second-order valence-electron chi connectivity index (χ2n) is 1.98. The van der Waals surface area contributed by atoms with E-state index < -0.39 is 5.91 Å². The van der Waals surface area contributed by atoms with Gasteiger partial charge in [-0.15, -0.1) is 4.91 Å². The SMILES string of the molecule is Nc1ccccc1C(=O)N=O. The minimum Gasteiger partial charge on any atom is -0.398 e. The Morgan fingerprint density at radius 2 is 2.00 bits per heavy atom. The van der Waals surface area contributed by atoms with Crippen LogP contribution in [0.5, 0.6) is 0 Å². The number of benzene rings is 1. The van der Waals surface area contributed by atoms with Crippen molar-refractivity contribution in [3.63, 3.8) is 0 Å². The number of nitrogens with two attached hydrogens (primary N) is 1.